The number of hydrogen-bond acceptors (Lipinski definition) is 4. The topological polar surface area (TPSA) is 54.4 Å². The predicted molar refractivity (Wildman–Crippen MR) is 66.0 cm³/mol. The van der Waals surface area contributed by atoms with E-state index in [2.05, 4.69) is 10.3 Å². The van der Waals surface area contributed by atoms with E-state index in [0.717, 1.165) is 5.56 Å². The summed E-state index contributed by atoms with van der Waals surface area (Å²) in [6.07, 6.45) is 5.41. The van der Waals surface area contributed by atoms with E-state index in [-0.39, 0.29) is 6.10 Å². The average molecular weight is 236 g/mol. The molecule has 1 aliphatic rings. The summed E-state index contributed by atoms with van der Waals surface area (Å²) in [5.41, 5.74) is 0.802. The molecule has 0 radical (unpaired) electrons. The Morgan fingerprint density at radius 2 is 2.24 bits per heavy atom. The molecule has 4 nitrogen and oxygen atoms in total. The van der Waals surface area contributed by atoms with Gasteiger partial charge in [-0.15, -0.1) is 0 Å². The van der Waals surface area contributed by atoms with Crippen LogP contribution in [0.3, 0.4) is 0 Å². The van der Waals surface area contributed by atoms with Crippen LogP contribution in [0.25, 0.3) is 0 Å². The second-order valence-corrected chi connectivity index (χ2v) is 4.82. The normalized spacial score (nSPS) is 17.2. The Balaban J connectivity index is 1.93. The first kappa shape index (κ1) is 12.3. The van der Waals surface area contributed by atoms with Gasteiger partial charge in [-0.2, -0.15) is 0 Å². The Morgan fingerprint density at radius 3 is 2.88 bits per heavy atom. The molecular formula is C13H20N2O2. The highest BCUT2D eigenvalue weighted by Gasteiger charge is 2.21. The van der Waals surface area contributed by atoms with Crippen LogP contribution in [-0.2, 0) is 0 Å². The van der Waals surface area contributed by atoms with Crippen molar-refractivity contribution in [1.82, 2.24) is 10.3 Å². The van der Waals surface area contributed by atoms with E-state index < -0.39 is 6.10 Å². The van der Waals surface area contributed by atoms with Crippen molar-refractivity contribution in [2.24, 2.45) is 0 Å². The fourth-order valence-electron chi connectivity index (χ4n) is 1.64. The molecule has 17 heavy (non-hydrogen) atoms. The first-order chi connectivity index (χ1) is 8.15. The number of rotatable bonds is 6. The van der Waals surface area contributed by atoms with E-state index in [1.54, 1.807) is 12.4 Å². The van der Waals surface area contributed by atoms with Crippen LogP contribution in [0, 0.1) is 0 Å². The summed E-state index contributed by atoms with van der Waals surface area (Å²) in [5.74, 6) is 0.711. The number of nitrogens with zero attached hydrogens (tertiary/aromatic N) is 1. The standard InChI is InChI=1S/C13H20N2O2/c1-9(2)17-12-5-10(6-14-7-12)13(16)8-15-11-3-4-11/h5-7,9,11,13,15-16H,3-4,8H2,1-2H3. The van der Waals surface area contributed by atoms with Gasteiger partial charge in [-0.25, -0.2) is 0 Å². The molecule has 1 saturated carbocycles. The summed E-state index contributed by atoms with van der Waals surface area (Å²) in [6, 6.07) is 2.46. The second kappa shape index (κ2) is 5.47. The lowest BCUT2D eigenvalue weighted by atomic mass is 10.1. The first-order valence-corrected chi connectivity index (χ1v) is 6.18. The van der Waals surface area contributed by atoms with Crippen molar-refractivity contribution < 1.29 is 9.84 Å². The zero-order valence-electron chi connectivity index (χ0n) is 10.4. The van der Waals surface area contributed by atoms with Gasteiger partial charge in [-0.05, 0) is 32.8 Å². The minimum atomic E-state index is -0.515. The van der Waals surface area contributed by atoms with Crippen LogP contribution < -0.4 is 10.1 Å². The van der Waals surface area contributed by atoms with Crippen LogP contribution in [0.2, 0.25) is 0 Å². The molecule has 1 unspecified atom stereocenters. The third kappa shape index (κ3) is 3.98. The van der Waals surface area contributed by atoms with E-state index in [0.29, 0.717) is 18.3 Å². The molecule has 4 heteroatoms. The number of nitrogens with one attached hydrogen (secondary N) is 1. The lowest BCUT2D eigenvalue weighted by Crippen LogP contribution is -2.23. The van der Waals surface area contributed by atoms with Gasteiger partial charge in [0.2, 0.25) is 0 Å². The smallest absolute Gasteiger partial charge is 0.138 e. The Labute approximate surface area is 102 Å². The Bertz CT molecular complexity index is 364. The molecule has 94 valence electrons. The molecule has 0 bridgehead atoms. The molecular weight excluding hydrogens is 216 g/mol. The van der Waals surface area contributed by atoms with Crippen molar-refractivity contribution in [2.45, 2.75) is 44.9 Å². The zero-order chi connectivity index (χ0) is 12.3. The molecule has 2 rings (SSSR count). The molecule has 0 spiro atoms. The second-order valence-electron chi connectivity index (χ2n) is 4.82. The lowest BCUT2D eigenvalue weighted by Gasteiger charge is -2.14. The van der Waals surface area contributed by atoms with Crippen LogP contribution in [0.15, 0.2) is 18.5 Å². The van der Waals surface area contributed by atoms with Crippen LogP contribution in [0.4, 0.5) is 0 Å². The molecule has 1 aliphatic carbocycles. The van der Waals surface area contributed by atoms with E-state index >= 15 is 0 Å². The van der Waals surface area contributed by atoms with Crippen molar-refractivity contribution in [2.75, 3.05) is 6.54 Å². The van der Waals surface area contributed by atoms with E-state index in [1.165, 1.54) is 12.8 Å². The van der Waals surface area contributed by atoms with Crippen molar-refractivity contribution in [3.05, 3.63) is 24.0 Å². The molecule has 0 amide bonds. The summed E-state index contributed by atoms with van der Waals surface area (Å²) < 4.78 is 5.55. The van der Waals surface area contributed by atoms with Gasteiger partial charge in [0.05, 0.1) is 18.4 Å². The number of hydrogen-bond donors (Lipinski definition) is 2. The van der Waals surface area contributed by atoms with Crippen LogP contribution in [-0.4, -0.2) is 28.8 Å². The Morgan fingerprint density at radius 1 is 1.47 bits per heavy atom. The average Bonchev–Trinajstić information content (AvgIpc) is 3.09. The van der Waals surface area contributed by atoms with Crippen LogP contribution in [0.1, 0.15) is 38.4 Å². The van der Waals surface area contributed by atoms with Crippen molar-refractivity contribution in [3.63, 3.8) is 0 Å². The van der Waals surface area contributed by atoms with Crippen LogP contribution in [0.5, 0.6) is 5.75 Å². The maximum Gasteiger partial charge on any atom is 0.138 e. The Hall–Kier alpha value is -1.13. The molecule has 0 aromatic carbocycles. The summed E-state index contributed by atoms with van der Waals surface area (Å²) in [5, 5.41) is 13.3. The Kier molecular flexibility index (Phi) is 3.97. The summed E-state index contributed by atoms with van der Waals surface area (Å²) in [6.45, 7) is 4.52. The van der Waals surface area contributed by atoms with Gasteiger partial charge in [0, 0.05) is 24.3 Å². The van der Waals surface area contributed by atoms with Gasteiger partial charge < -0.3 is 15.2 Å². The molecule has 1 aromatic rings. The van der Waals surface area contributed by atoms with Gasteiger partial charge in [-0.3, -0.25) is 4.98 Å². The zero-order valence-corrected chi connectivity index (χ0v) is 10.4. The van der Waals surface area contributed by atoms with Crippen molar-refractivity contribution in [3.8, 4) is 5.75 Å². The highest BCUT2D eigenvalue weighted by molar-refractivity contribution is 5.25. The predicted octanol–water partition coefficient (Wildman–Crippen LogP) is 1.65. The molecule has 1 atom stereocenters. The van der Waals surface area contributed by atoms with Gasteiger partial charge in [0.25, 0.3) is 0 Å². The van der Waals surface area contributed by atoms with Gasteiger partial charge in [0.15, 0.2) is 0 Å². The van der Waals surface area contributed by atoms with E-state index in [4.69, 9.17) is 4.74 Å². The van der Waals surface area contributed by atoms with E-state index in [1.807, 2.05) is 19.9 Å². The molecule has 1 heterocycles. The maximum atomic E-state index is 10.00. The number of aliphatic hydroxyl groups excluding tert-OH is 1. The molecule has 0 aliphatic heterocycles. The van der Waals surface area contributed by atoms with Crippen molar-refractivity contribution >= 4 is 0 Å². The number of ether oxygens (including phenoxy) is 1. The molecule has 1 fully saturated rings. The SMILES string of the molecule is CC(C)Oc1cncc(C(O)CNC2CC2)c1. The highest BCUT2D eigenvalue weighted by atomic mass is 16.5. The number of pyridine rings is 1. The van der Waals surface area contributed by atoms with Gasteiger partial charge in [0.1, 0.15) is 5.75 Å². The summed E-state index contributed by atoms with van der Waals surface area (Å²) >= 11 is 0. The minimum Gasteiger partial charge on any atom is -0.489 e. The van der Waals surface area contributed by atoms with E-state index in [9.17, 15) is 5.11 Å². The summed E-state index contributed by atoms with van der Waals surface area (Å²) in [7, 11) is 0. The molecule has 1 aromatic heterocycles. The first-order valence-electron chi connectivity index (χ1n) is 6.18. The maximum absolute atomic E-state index is 10.00. The minimum absolute atomic E-state index is 0.119. The molecule has 2 N–H and O–H groups in total. The van der Waals surface area contributed by atoms with Gasteiger partial charge >= 0.3 is 0 Å². The summed E-state index contributed by atoms with van der Waals surface area (Å²) in [4.78, 5) is 4.09. The number of aliphatic hydroxyl groups is 1. The monoisotopic (exact) mass is 236 g/mol. The quantitative estimate of drug-likeness (QED) is 0.788. The van der Waals surface area contributed by atoms with Crippen LogP contribution >= 0.6 is 0 Å². The lowest BCUT2D eigenvalue weighted by molar-refractivity contribution is 0.172. The third-order valence-electron chi connectivity index (χ3n) is 2.67. The number of aromatic nitrogens is 1. The van der Waals surface area contributed by atoms with Gasteiger partial charge in [-0.1, -0.05) is 0 Å². The van der Waals surface area contributed by atoms with Crippen molar-refractivity contribution in [1.29, 1.82) is 0 Å². The fraction of sp³-hybridized carbons (Fsp3) is 0.615. The fourth-order valence-corrected chi connectivity index (χ4v) is 1.64. The third-order valence-corrected chi connectivity index (χ3v) is 2.67. The molecule has 0 saturated heterocycles. The largest absolute Gasteiger partial charge is 0.489 e. The highest BCUT2D eigenvalue weighted by Crippen LogP contribution is 2.21.